The first-order chi connectivity index (χ1) is 10.5. The molecule has 0 amide bonds. The summed E-state index contributed by atoms with van der Waals surface area (Å²) in [6.07, 6.45) is 3.42. The van der Waals surface area contributed by atoms with Crippen LogP contribution in [0.2, 0.25) is 0 Å². The highest BCUT2D eigenvalue weighted by atomic mass is 32.2. The second-order valence-electron chi connectivity index (χ2n) is 5.04. The predicted octanol–water partition coefficient (Wildman–Crippen LogP) is 3.02. The average molecular weight is 319 g/mol. The molecule has 22 heavy (non-hydrogen) atoms. The summed E-state index contributed by atoms with van der Waals surface area (Å²) < 4.78 is 27.0. The molecule has 6 heteroatoms. The highest BCUT2D eigenvalue weighted by Crippen LogP contribution is 2.20. The van der Waals surface area contributed by atoms with E-state index in [0.717, 1.165) is 25.7 Å². The van der Waals surface area contributed by atoms with Crippen LogP contribution < -0.4 is 0 Å². The topological polar surface area (TPSA) is 85.0 Å². The number of sulfonamides is 1. The number of hydrogen-bond donors (Lipinski definition) is 0. The standard InChI is InChI=1S/C16H21N3O2S/c1-3-5-9-19(10-6-4-2)22(20,21)16-8-7-14(12-17)15(11-16)13-18/h7-8,11H,3-6,9-10H2,1-2H3. The average Bonchev–Trinajstić information content (AvgIpc) is 2.53. The minimum atomic E-state index is -3.63. The molecule has 1 aromatic rings. The molecule has 1 rings (SSSR count). The molecule has 0 saturated heterocycles. The lowest BCUT2D eigenvalue weighted by molar-refractivity contribution is 0.395. The number of nitriles is 2. The first-order valence-electron chi connectivity index (χ1n) is 7.45. The van der Waals surface area contributed by atoms with E-state index in [0.29, 0.717) is 13.1 Å². The van der Waals surface area contributed by atoms with Crippen LogP contribution in [0.5, 0.6) is 0 Å². The Kier molecular flexibility index (Phi) is 7.04. The Morgan fingerprint density at radius 3 is 2.00 bits per heavy atom. The van der Waals surface area contributed by atoms with E-state index in [9.17, 15) is 8.42 Å². The van der Waals surface area contributed by atoms with E-state index in [2.05, 4.69) is 0 Å². The van der Waals surface area contributed by atoms with E-state index in [1.54, 1.807) is 0 Å². The summed E-state index contributed by atoms with van der Waals surface area (Å²) in [5.41, 5.74) is 0.282. The van der Waals surface area contributed by atoms with E-state index in [-0.39, 0.29) is 16.0 Å². The van der Waals surface area contributed by atoms with Crippen LogP contribution in [0, 0.1) is 22.7 Å². The van der Waals surface area contributed by atoms with Gasteiger partial charge in [-0.3, -0.25) is 0 Å². The molecule has 0 saturated carbocycles. The van der Waals surface area contributed by atoms with Gasteiger partial charge in [-0.1, -0.05) is 26.7 Å². The molecule has 118 valence electrons. The van der Waals surface area contributed by atoms with Crippen LogP contribution in [-0.2, 0) is 10.0 Å². The monoisotopic (exact) mass is 319 g/mol. The SMILES string of the molecule is CCCCN(CCCC)S(=O)(=O)c1ccc(C#N)c(C#N)c1. The van der Waals surface area contributed by atoms with E-state index in [1.807, 2.05) is 26.0 Å². The minimum Gasteiger partial charge on any atom is -0.207 e. The van der Waals surface area contributed by atoms with E-state index < -0.39 is 10.0 Å². The molecular formula is C16H21N3O2S. The van der Waals surface area contributed by atoms with Crippen LogP contribution in [0.1, 0.15) is 50.7 Å². The van der Waals surface area contributed by atoms with Crippen molar-refractivity contribution in [2.45, 2.75) is 44.4 Å². The molecule has 0 aliphatic rings. The zero-order chi connectivity index (χ0) is 16.6. The van der Waals surface area contributed by atoms with Gasteiger partial charge in [0.05, 0.1) is 16.0 Å². The van der Waals surface area contributed by atoms with Crippen LogP contribution in [0.15, 0.2) is 23.1 Å². The molecule has 0 fully saturated rings. The largest absolute Gasteiger partial charge is 0.243 e. The van der Waals surface area contributed by atoms with Crippen molar-refractivity contribution in [1.82, 2.24) is 4.31 Å². The summed E-state index contributed by atoms with van der Waals surface area (Å²) in [5, 5.41) is 18.0. The zero-order valence-electron chi connectivity index (χ0n) is 13.0. The Labute approximate surface area is 132 Å². The molecule has 0 aliphatic carbocycles. The Morgan fingerprint density at radius 1 is 1.00 bits per heavy atom. The van der Waals surface area contributed by atoms with Crippen LogP contribution in [0.3, 0.4) is 0 Å². The van der Waals surface area contributed by atoms with Gasteiger partial charge in [0.2, 0.25) is 10.0 Å². The van der Waals surface area contributed by atoms with Crippen LogP contribution in [-0.4, -0.2) is 25.8 Å². The molecule has 0 N–H and O–H groups in total. The number of hydrogen-bond acceptors (Lipinski definition) is 4. The number of unbranched alkanes of at least 4 members (excludes halogenated alkanes) is 2. The van der Waals surface area contributed by atoms with Gasteiger partial charge < -0.3 is 0 Å². The predicted molar refractivity (Wildman–Crippen MR) is 84.4 cm³/mol. The van der Waals surface area contributed by atoms with Crippen molar-refractivity contribution >= 4 is 10.0 Å². The molecule has 1 aromatic carbocycles. The van der Waals surface area contributed by atoms with Crippen LogP contribution in [0.25, 0.3) is 0 Å². The normalized spacial score (nSPS) is 11.1. The minimum absolute atomic E-state index is 0.0789. The fraction of sp³-hybridized carbons (Fsp3) is 0.500. The van der Waals surface area contributed by atoms with Crippen molar-refractivity contribution in [2.24, 2.45) is 0 Å². The Hall–Kier alpha value is -1.89. The lowest BCUT2D eigenvalue weighted by atomic mass is 10.1. The third-order valence-electron chi connectivity index (χ3n) is 3.39. The second kappa shape index (κ2) is 8.53. The summed E-state index contributed by atoms with van der Waals surface area (Å²) in [6.45, 7) is 4.97. The van der Waals surface area contributed by atoms with Gasteiger partial charge in [0.25, 0.3) is 0 Å². The molecule has 0 heterocycles. The highest BCUT2D eigenvalue weighted by Gasteiger charge is 2.24. The molecule has 0 radical (unpaired) electrons. The zero-order valence-corrected chi connectivity index (χ0v) is 13.9. The molecule has 0 aliphatic heterocycles. The maximum atomic E-state index is 12.7. The van der Waals surface area contributed by atoms with Crippen molar-refractivity contribution in [1.29, 1.82) is 10.5 Å². The first kappa shape index (κ1) is 18.2. The third kappa shape index (κ3) is 4.30. The van der Waals surface area contributed by atoms with Crippen molar-refractivity contribution in [3.05, 3.63) is 29.3 Å². The second-order valence-corrected chi connectivity index (χ2v) is 6.98. The van der Waals surface area contributed by atoms with Crippen molar-refractivity contribution in [3.63, 3.8) is 0 Å². The highest BCUT2D eigenvalue weighted by molar-refractivity contribution is 7.89. The van der Waals surface area contributed by atoms with Crippen LogP contribution >= 0.6 is 0 Å². The summed E-state index contributed by atoms with van der Waals surface area (Å²) >= 11 is 0. The van der Waals surface area contributed by atoms with E-state index in [4.69, 9.17) is 10.5 Å². The van der Waals surface area contributed by atoms with Gasteiger partial charge >= 0.3 is 0 Å². The van der Waals surface area contributed by atoms with Gasteiger partial charge in [0.15, 0.2) is 0 Å². The summed E-state index contributed by atoms with van der Waals surface area (Å²) in [4.78, 5) is 0.0789. The molecule has 0 bridgehead atoms. The molecular weight excluding hydrogens is 298 g/mol. The fourth-order valence-electron chi connectivity index (χ4n) is 2.04. The molecule has 0 atom stereocenters. The van der Waals surface area contributed by atoms with Crippen molar-refractivity contribution < 1.29 is 8.42 Å². The van der Waals surface area contributed by atoms with Crippen LogP contribution in [0.4, 0.5) is 0 Å². The first-order valence-corrected chi connectivity index (χ1v) is 8.89. The van der Waals surface area contributed by atoms with Gasteiger partial charge in [-0.05, 0) is 31.0 Å². The van der Waals surface area contributed by atoms with Crippen molar-refractivity contribution in [3.8, 4) is 12.1 Å². The van der Waals surface area contributed by atoms with Gasteiger partial charge in [0, 0.05) is 13.1 Å². The maximum Gasteiger partial charge on any atom is 0.243 e. The number of nitrogens with zero attached hydrogens (tertiary/aromatic N) is 3. The fourth-order valence-corrected chi connectivity index (χ4v) is 3.59. The van der Waals surface area contributed by atoms with E-state index >= 15 is 0 Å². The third-order valence-corrected chi connectivity index (χ3v) is 5.29. The Balaban J connectivity index is 3.19. The van der Waals surface area contributed by atoms with Gasteiger partial charge in [-0.15, -0.1) is 0 Å². The molecule has 0 unspecified atom stereocenters. The lowest BCUT2D eigenvalue weighted by Crippen LogP contribution is -2.33. The van der Waals surface area contributed by atoms with Gasteiger partial charge in [-0.2, -0.15) is 14.8 Å². The summed E-state index contributed by atoms with van der Waals surface area (Å²) in [5.74, 6) is 0. The summed E-state index contributed by atoms with van der Waals surface area (Å²) in [6, 6.07) is 7.86. The number of benzene rings is 1. The van der Waals surface area contributed by atoms with E-state index in [1.165, 1.54) is 22.5 Å². The molecule has 0 aromatic heterocycles. The maximum absolute atomic E-state index is 12.7. The molecule has 5 nitrogen and oxygen atoms in total. The van der Waals surface area contributed by atoms with Gasteiger partial charge in [-0.25, -0.2) is 8.42 Å². The lowest BCUT2D eigenvalue weighted by Gasteiger charge is -2.22. The summed E-state index contributed by atoms with van der Waals surface area (Å²) in [7, 11) is -3.63. The Bertz CT molecular complexity index is 676. The smallest absolute Gasteiger partial charge is 0.207 e. The molecule has 0 spiro atoms. The quantitative estimate of drug-likeness (QED) is 0.737. The Morgan fingerprint density at radius 2 is 1.55 bits per heavy atom. The van der Waals surface area contributed by atoms with Crippen molar-refractivity contribution in [2.75, 3.05) is 13.1 Å². The van der Waals surface area contributed by atoms with Gasteiger partial charge in [0.1, 0.15) is 12.1 Å². The number of rotatable bonds is 8.